The molecule has 0 amide bonds. The van der Waals surface area contributed by atoms with Gasteiger partial charge in [-0.15, -0.1) is 23.7 Å². The average molecular weight is 350 g/mol. The van der Waals surface area contributed by atoms with Crippen molar-refractivity contribution in [1.29, 1.82) is 0 Å². The summed E-state index contributed by atoms with van der Waals surface area (Å²) in [5.74, 6) is 0.585. The first-order chi connectivity index (χ1) is 10.1. The Balaban J connectivity index is 0.00000132. The van der Waals surface area contributed by atoms with Gasteiger partial charge >= 0.3 is 0 Å². The smallest absolute Gasteiger partial charge is 0.125 e. The van der Waals surface area contributed by atoms with Crippen LogP contribution in [-0.4, -0.2) is 22.3 Å². The highest BCUT2D eigenvalue weighted by Crippen LogP contribution is 2.30. The first-order valence-corrected chi connectivity index (χ1v) is 7.75. The van der Waals surface area contributed by atoms with Gasteiger partial charge < -0.3 is 11.2 Å². The summed E-state index contributed by atoms with van der Waals surface area (Å²) in [7, 11) is 0. The summed E-state index contributed by atoms with van der Waals surface area (Å²) in [6, 6.07) is 16.5. The van der Waals surface area contributed by atoms with Gasteiger partial charge in [0.15, 0.2) is 0 Å². The van der Waals surface area contributed by atoms with E-state index in [1.807, 2.05) is 44.2 Å². The van der Waals surface area contributed by atoms with Crippen molar-refractivity contribution in [3.05, 3.63) is 54.1 Å². The number of halogens is 1. The number of aliphatic imine (C=N–C) groups is 1. The van der Waals surface area contributed by atoms with Gasteiger partial charge in [0.1, 0.15) is 10.8 Å². The molecule has 3 rings (SSSR count). The molecule has 3 aromatic rings. The molecule has 0 aliphatic rings. The first kappa shape index (κ1) is 19.1. The zero-order valence-corrected chi connectivity index (χ0v) is 14.6. The average Bonchev–Trinajstić information content (AvgIpc) is 2.90. The molecule has 0 radical (unpaired) electrons. The summed E-state index contributed by atoms with van der Waals surface area (Å²) < 4.78 is 1.13. The van der Waals surface area contributed by atoms with Gasteiger partial charge in [-0.1, -0.05) is 30.3 Å². The van der Waals surface area contributed by atoms with Crippen LogP contribution >= 0.6 is 23.7 Å². The molecule has 122 valence electrons. The Morgan fingerprint density at radius 1 is 1.13 bits per heavy atom. The largest absolute Gasteiger partial charge is 0.412 e. The molecule has 0 fully saturated rings. The van der Waals surface area contributed by atoms with E-state index in [1.165, 1.54) is 0 Å². The fourth-order valence-electron chi connectivity index (χ4n) is 2.14. The van der Waals surface area contributed by atoms with Gasteiger partial charge in [-0.25, -0.2) is 4.98 Å². The van der Waals surface area contributed by atoms with Gasteiger partial charge in [-0.3, -0.25) is 4.99 Å². The van der Waals surface area contributed by atoms with Crippen molar-refractivity contribution in [2.75, 3.05) is 0 Å². The summed E-state index contributed by atoms with van der Waals surface area (Å²) in [4.78, 5) is 9.08. The molecule has 2 aromatic carbocycles. The van der Waals surface area contributed by atoms with E-state index < -0.39 is 0 Å². The van der Waals surface area contributed by atoms with Gasteiger partial charge in [0.25, 0.3) is 0 Å². The Hall–Kier alpha value is -1.95. The molecule has 0 bridgehead atoms. The third kappa shape index (κ3) is 4.28. The molecule has 1 aromatic heterocycles. The van der Waals surface area contributed by atoms with E-state index in [1.54, 1.807) is 11.3 Å². The summed E-state index contributed by atoms with van der Waals surface area (Å²) in [6.07, 6.45) is 0. The standard InChI is InChI=1S/C17H17N3S.ClH.H2O/c1-11(2)19-16(18)13-8-9-14-15(10-13)21-17(20-14)12-6-4-3-5-7-12;;/h3-11H,1-2H3,(H2,18,19);1H;1H2. The van der Waals surface area contributed by atoms with Crippen LogP contribution in [0.15, 0.2) is 53.5 Å². The van der Waals surface area contributed by atoms with Crippen LogP contribution < -0.4 is 5.73 Å². The van der Waals surface area contributed by atoms with E-state index in [2.05, 4.69) is 28.2 Å². The molecule has 4 N–H and O–H groups in total. The fourth-order valence-corrected chi connectivity index (χ4v) is 3.15. The third-order valence-electron chi connectivity index (χ3n) is 3.10. The highest BCUT2D eigenvalue weighted by molar-refractivity contribution is 7.21. The van der Waals surface area contributed by atoms with Crippen LogP contribution in [0.1, 0.15) is 19.4 Å². The van der Waals surface area contributed by atoms with Crippen LogP contribution in [-0.2, 0) is 0 Å². The summed E-state index contributed by atoms with van der Waals surface area (Å²) >= 11 is 1.68. The van der Waals surface area contributed by atoms with E-state index in [9.17, 15) is 0 Å². The second-order valence-electron chi connectivity index (χ2n) is 5.18. The number of nitrogens with two attached hydrogens (primary N) is 1. The molecule has 23 heavy (non-hydrogen) atoms. The third-order valence-corrected chi connectivity index (χ3v) is 4.17. The van der Waals surface area contributed by atoms with Crippen molar-refractivity contribution in [3.8, 4) is 10.6 Å². The fraction of sp³-hybridized carbons (Fsp3) is 0.176. The van der Waals surface area contributed by atoms with Crippen LogP contribution in [0.25, 0.3) is 20.8 Å². The molecule has 1 heterocycles. The van der Waals surface area contributed by atoms with E-state index in [0.29, 0.717) is 5.84 Å². The lowest BCUT2D eigenvalue weighted by Crippen LogP contribution is -2.15. The van der Waals surface area contributed by atoms with Crippen molar-refractivity contribution < 1.29 is 5.48 Å². The van der Waals surface area contributed by atoms with Crippen LogP contribution in [0.2, 0.25) is 0 Å². The SMILES string of the molecule is CC(C)N=C(N)c1ccc2nc(-c3ccccc3)sc2c1.Cl.O. The Morgan fingerprint density at radius 3 is 2.48 bits per heavy atom. The lowest BCUT2D eigenvalue weighted by molar-refractivity contribution is 0.824. The molecule has 0 unspecified atom stereocenters. The molecule has 6 heteroatoms. The van der Waals surface area contributed by atoms with Crippen LogP contribution in [0.4, 0.5) is 0 Å². The second kappa shape index (κ2) is 8.06. The minimum absolute atomic E-state index is 0. The van der Waals surface area contributed by atoms with Crippen molar-refractivity contribution in [2.45, 2.75) is 19.9 Å². The molecule has 0 spiro atoms. The molecule has 0 aliphatic carbocycles. The highest BCUT2D eigenvalue weighted by atomic mass is 35.5. The maximum absolute atomic E-state index is 6.04. The summed E-state index contributed by atoms with van der Waals surface area (Å²) in [6.45, 7) is 4.04. The van der Waals surface area contributed by atoms with Gasteiger partial charge in [0.2, 0.25) is 0 Å². The summed E-state index contributed by atoms with van der Waals surface area (Å²) in [5.41, 5.74) is 9.14. The van der Waals surface area contributed by atoms with Gasteiger partial charge in [-0.05, 0) is 32.0 Å². The van der Waals surface area contributed by atoms with Crippen molar-refractivity contribution in [1.82, 2.24) is 4.98 Å². The van der Waals surface area contributed by atoms with Gasteiger partial charge in [0, 0.05) is 17.2 Å². The van der Waals surface area contributed by atoms with E-state index in [-0.39, 0.29) is 23.9 Å². The number of fused-ring (bicyclic) bond motifs is 1. The molecule has 0 saturated carbocycles. The number of thiazole rings is 1. The molecular formula is C17H20ClN3OS. The number of aromatic nitrogens is 1. The number of amidine groups is 1. The number of benzene rings is 2. The van der Waals surface area contributed by atoms with Crippen molar-refractivity contribution >= 4 is 39.8 Å². The number of rotatable bonds is 3. The van der Waals surface area contributed by atoms with E-state index >= 15 is 0 Å². The first-order valence-electron chi connectivity index (χ1n) is 6.93. The van der Waals surface area contributed by atoms with Gasteiger partial charge in [0.05, 0.1) is 10.2 Å². The molecule has 0 saturated heterocycles. The molecule has 0 atom stereocenters. The second-order valence-corrected chi connectivity index (χ2v) is 6.21. The Morgan fingerprint density at radius 2 is 1.83 bits per heavy atom. The monoisotopic (exact) mass is 349 g/mol. The molecular weight excluding hydrogens is 330 g/mol. The predicted molar refractivity (Wildman–Crippen MR) is 102 cm³/mol. The Labute approximate surface area is 145 Å². The quantitative estimate of drug-likeness (QED) is 0.578. The van der Waals surface area contributed by atoms with E-state index in [4.69, 9.17) is 5.73 Å². The maximum Gasteiger partial charge on any atom is 0.125 e. The minimum atomic E-state index is 0. The van der Waals surface area contributed by atoms with Crippen LogP contribution in [0.3, 0.4) is 0 Å². The molecule has 4 nitrogen and oxygen atoms in total. The Kier molecular flexibility index (Phi) is 6.69. The topological polar surface area (TPSA) is 82.8 Å². The number of nitrogens with zero attached hydrogens (tertiary/aromatic N) is 2. The lowest BCUT2D eigenvalue weighted by atomic mass is 10.2. The van der Waals surface area contributed by atoms with Gasteiger partial charge in [-0.2, -0.15) is 0 Å². The lowest BCUT2D eigenvalue weighted by Gasteiger charge is -2.02. The van der Waals surface area contributed by atoms with Crippen LogP contribution in [0.5, 0.6) is 0 Å². The summed E-state index contributed by atoms with van der Waals surface area (Å²) in [5, 5.41) is 1.03. The zero-order chi connectivity index (χ0) is 14.8. The maximum atomic E-state index is 6.04. The highest BCUT2D eigenvalue weighted by Gasteiger charge is 2.08. The van der Waals surface area contributed by atoms with E-state index in [0.717, 1.165) is 26.4 Å². The number of hydrogen-bond donors (Lipinski definition) is 1. The zero-order valence-electron chi connectivity index (χ0n) is 13.0. The number of hydrogen-bond acceptors (Lipinski definition) is 3. The van der Waals surface area contributed by atoms with Crippen molar-refractivity contribution in [3.63, 3.8) is 0 Å². The molecule has 0 aliphatic heterocycles. The minimum Gasteiger partial charge on any atom is -0.412 e. The van der Waals surface area contributed by atoms with Crippen molar-refractivity contribution in [2.24, 2.45) is 10.7 Å². The Bertz CT molecular complexity index is 800. The van der Waals surface area contributed by atoms with Crippen LogP contribution in [0, 0.1) is 0 Å². The predicted octanol–water partition coefficient (Wildman–Crippen LogP) is 3.67. The normalized spacial score (nSPS) is 11.2.